The first-order valence-corrected chi connectivity index (χ1v) is 12.1. The van der Waals surface area contributed by atoms with Crippen molar-refractivity contribution in [1.29, 1.82) is 0 Å². The summed E-state index contributed by atoms with van der Waals surface area (Å²) in [4.78, 5) is 28.8. The number of sulfonamides is 1. The SMILES string of the molecule is CSc1ncccc1C(=O)N1CCC(CNS(=O)(=O)c2ccccc2[N+](=O)[O-])CC1. The third kappa shape index (κ3) is 4.97. The molecule has 0 radical (unpaired) electrons. The van der Waals surface area contributed by atoms with Crippen LogP contribution in [0.4, 0.5) is 5.69 Å². The molecule has 11 heteroatoms. The van der Waals surface area contributed by atoms with Gasteiger partial charge in [-0.3, -0.25) is 14.9 Å². The first kappa shape index (κ1) is 22.2. The molecule has 1 aliphatic heterocycles. The molecule has 0 aliphatic carbocycles. The minimum Gasteiger partial charge on any atom is -0.339 e. The second kappa shape index (κ2) is 9.54. The quantitative estimate of drug-likeness (QED) is 0.391. The fourth-order valence-electron chi connectivity index (χ4n) is 3.37. The van der Waals surface area contributed by atoms with E-state index in [4.69, 9.17) is 0 Å². The van der Waals surface area contributed by atoms with E-state index < -0.39 is 20.6 Å². The monoisotopic (exact) mass is 450 g/mol. The van der Waals surface area contributed by atoms with Gasteiger partial charge in [0.05, 0.1) is 10.5 Å². The highest BCUT2D eigenvalue weighted by atomic mass is 32.2. The number of nitro benzene ring substituents is 1. The Kier molecular flexibility index (Phi) is 7.06. The average molecular weight is 451 g/mol. The van der Waals surface area contributed by atoms with E-state index in [-0.39, 0.29) is 23.3 Å². The zero-order chi connectivity index (χ0) is 21.7. The van der Waals surface area contributed by atoms with Crippen LogP contribution < -0.4 is 4.72 Å². The molecule has 2 aromatic rings. The zero-order valence-corrected chi connectivity index (χ0v) is 18.0. The molecule has 1 aromatic carbocycles. The largest absolute Gasteiger partial charge is 0.339 e. The lowest BCUT2D eigenvalue weighted by molar-refractivity contribution is -0.387. The molecule has 30 heavy (non-hydrogen) atoms. The van der Waals surface area contributed by atoms with Crippen molar-refractivity contribution in [3.05, 3.63) is 58.3 Å². The summed E-state index contributed by atoms with van der Waals surface area (Å²) in [7, 11) is -4.00. The van der Waals surface area contributed by atoms with E-state index in [2.05, 4.69) is 9.71 Å². The Labute approximate surface area is 179 Å². The number of nitro groups is 1. The van der Waals surface area contributed by atoms with Crippen LogP contribution in [0.2, 0.25) is 0 Å². The van der Waals surface area contributed by atoms with E-state index in [9.17, 15) is 23.3 Å². The molecule has 0 atom stereocenters. The number of likely N-dealkylation sites (tertiary alicyclic amines) is 1. The Balaban J connectivity index is 1.59. The van der Waals surface area contributed by atoms with Crippen molar-refractivity contribution in [2.45, 2.75) is 22.8 Å². The highest BCUT2D eigenvalue weighted by molar-refractivity contribution is 7.98. The number of aromatic nitrogens is 1. The molecule has 1 saturated heterocycles. The number of carbonyl (C=O) groups is 1. The van der Waals surface area contributed by atoms with Gasteiger partial charge in [-0.05, 0) is 43.2 Å². The summed E-state index contributed by atoms with van der Waals surface area (Å²) in [5, 5.41) is 11.8. The third-order valence-electron chi connectivity index (χ3n) is 5.01. The van der Waals surface area contributed by atoms with Crippen molar-refractivity contribution in [2.75, 3.05) is 25.9 Å². The van der Waals surface area contributed by atoms with Gasteiger partial charge in [-0.1, -0.05) is 12.1 Å². The Hall–Kier alpha value is -2.50. The summed E-state index contributed by atoms with van der Waals surface area (Å²) < 4.78 is 27.6. The number of carbonyl (C=O) groups excluding carboxylic acids is 1. The fourth-order valence-corrected chi connectivity index (χ4v) is 5.20. The number of pyridine rings is 1. The molecule has 0 saturated carbocycles. The van der Waals surface area contributed by atoms with Crippen molar-refractivity contribution >= 4 is 33.4 Å². The molecular weight excluding hydrogens is 428 g/mol. The van der Waals surface area contributed by atoms with Crippen LogP contribution in [0, 0.1) is 16.0 Å². The highest BCUT2D eigenvalue weighted by Gasteiger charge is 2.28. The summed E-state index contributed by atoms with van der Waals surface area (Å²) in [6.45, 7) is 1.19. The van der Waals surface area contributed by atoms with Crippen LogP contribution in [0.3, 0.4) is 0 Å². The number of hydrogen-bond donors (Lipinski definition) is 1. The van der Waals surface area contributed by atoms with Gasteiger partial charge in [0.25, 0.3) is 11.6 Å². The Morgan fingerprint density at radius 2 is 1.97 bits per heavy atom. The smallest absolute Gasteiger partial charge is 0.289 e. The van der Waals surface area contributed by atoms with E-state index in [1.807, 2.05) is 6.26 Å². The molecule has 1 N–H and O–H groups in total. The molecule has 9 nitrogen and oxygen atoms in total. The lowest BCUT2D eigenvalue weighted by Gasteiger charge is -2.32. The molecule has 0 unspecified atom stereocenters. The van der Waals surface area contributed by atoms with Gasteiger partial charge in [0.15, 0.2) is 4.90 Å². The molecule has 0 bridgehead atoms. The first-order chi connectivity index (χ1) is 14.3. The van der Waals surface area contributed by atoms with Crippen molar-refractivity contribution in [3.63, 3.8) is 0 Å². The lowest BCUT2D eigenvalue weighted by atomic mass is 9.97. The van der Waals surface area contributed by atoms with E-state index in [1.54, 1.807) is 23.2 Å². The summed E-state index contributed by atoms with van der Waals surface area (Å²) in [5.41, 5.74) is 0.118. The van der Waals surface area contributed by atoms with E-state index in [0.29, 0.717) is 36.5 Å². The van der Waals surface area contributed by atoms with Gasteiger partial charge in [0.2, 0.25) is 10.0 Å². The van der Waals surface area contributed by atoms with Crippen molar-refractivity contribution < 1.29 is 18.1 Å². The number of amides is 1. The maximum atomic E-state index is 12.8. The normalized spacial score (nSPS) is 15.2. The predicted octanol–water partition coefficient (Wildman–Crippen LogP) is 2.54. The van der Waals surface area contributed by atoms with Crippen LogP contribution >= 0.6 is 11.8 Å². The molecule has 1 aliphatic rings. The van der Waals surface area contributed by atoms with Crippen molar-refractivity contribution in [1.82, 2.24) is 14.6 Å². The number of nitrogens with one attached hydrogen (secondary N) is 1. The molecule has 0 spiro atoms. The van der Waals surface area contributed by atoms with Crippen LogP contribution in [-0.4, -0.2) is 55.0 Å². The first-order valence-electron chi connectivity index (χ1n) is 9.35. The van der Waals surface area contributed by atoms with Crippen LogP contribution in [0.1, 0.15) is 23.2 Å². The Morgan fingerprint density at radius 3 is 2.63 bits per heavy atom. The number of hydrogen-bond acceptors (Lipinski definition) is 7. The average Bonchev–Trinajstić information content (AvgIpc) is 2.77. The number of piperidine rings is 1. The third-order valence-corrected chi connectivity index (χ3v) is 7.19. The zero-order valence-electron chi connectivity index (χ0n) is 16.4. The van der Waals surface area contributed by atoms with Gasteiger partial charge in [-0.25, -0.2) is 18.1 Å². The van der Waals surface area contributed by atoms with Crippen LogP contribution in [0.15, 0.2) is 52.5 Å². The van der Waals surface area contributed by atoms with E-state index >= 15 is 0 Å². The van der Waals surface area contributed by atoms with Crippen molar-refractivity contribution in [3.8, 4) is 0 Å². The number of thioether (sulfide) groups is 1. The Morgan fingerprint density at radius 1 is 1.27 bits per heavy atom. The number of nitrogens with zero attached hydrogens (tertiary/aromatic N) is 3. The number of benzene rings is 1. The number of para-hydroxylation sites is 1. The summed E-state index contributed by atoms with van der Waals surface area (Å²) >= 11 is 1.42. The Bertz CT molecular complexity index is 1040. The molecule has 1 aromatic heterocycles. The van der Waals surface area contributed by atoms with Gasteiger partial charge >= 0.3 is 0 Å². The molecule has 3 rings (SSSR count). The van der Waals surface area contributed by atoms with Gasteiger partial charge in [0.1, 0.15) is 5.03 Å². The van der Waals surface area contributed by atoms with Gasteiger partial charge in [-0.2, -0.15) is 0 Å². The predicted molar refractivity (Wildman–Crippen MR) is 113 cm³/mol. The fraction of sp³-hybridized carbons (Fsp3) is 0.368. The van der Waals surface area contributed by atoms with Crippen molar-refractivity contribution in [2.24, 2.45) is 5.92 Å². The van der Waals surface area contributed by atoms with Crippen LogP contribution in [0.25, 0.3) is 0 Å². The van der Waals surface area contributed by atoms with Crippen LogP contribution in [0.5, 0.6) is 0 Å². The number of rotatable bonds is 7. The second-order valence-corrected chi connectivity index (χ2v) is 9.40. The minimum absolute atomic E-state index is 0.0421. The standard InChI is InChI=1S/C19H22N4O5S2/c1-29-18-15(5-4-10-20-18)19(24)22-11-8-14(9-12-22)13-21-30(27,28)17-7-3-2-6-16(17)23(25)26/h2-7,10,14,21H,8-9,11-13H2,1H3. The summed E-state index contributed by atoms with van der Waals surface area (Å²) in [6, 6.07) is 8.76. The minimum atomic E-state index is -4.00. The van der Waals surface area contributed by atoms with E-state index in [1.165, 1.54) is 36.0 Å². The van der Waals surface area contributed by atoms with Gasteiger partial charge in [-0.15, -0.1) is 11.8 Å². The topological polar surface area (TPSA) is 123 Å². The molecule has 2 heterocycles. The van der Waals surface area contributed by atoms with Crippen LogP contribution in [-0.2, 0) is 10.0 Å². The van der Waals surface area contributed by atoms with Gasteiger partial charge < -0.3 is 4.90 Å². The second-order valence-electron chi connectivity index (χ2n) is 6.87. The maximum Gasteiger partial charge on any atom is 0.289 e. The highest BCUT2D eigenvalue weighted by Crippen LogP contribution is 2.25. The summed E-state index contributed by atoms with van der Waals surface area (Å²) in [6.07, 6.45) is 4.80. The molecular formula is C19H22N4O5S2. The van der Waals surface area contributed by atoms with E-state index in [0.717, 1.165) is 0 Å². The lowest BCUT2D eigenvalue weighted by Crippen LogP contribution is -2.41. The molecule has 1 amide bonds. The maximum absolute atomic E-state index is 12.8. The summed E-state index contributed by atoms with van der Waals surface area (Å²) in [5.74, 6) is -0.0353. The van der Waals surface area contributed by atoms with Gasteiger partial charge in [0, 0.05) is 31.9 Å². The molecule has 160 valence electrons. The molecule has 1 fully saturated rings.